The van der Waals surface area contributed by atoms with E-state index in [1.165, 1.54) is 24.3 Å². The number of benzene rings is 2. The summed E-state index contributed by atoms with van der Waals surface area (Å²) in [6.45, 7) is 3.84. The molecule has 0 heterocycles. The number of amides is 2. The van der Waals surface area contributed by atoms with E-state index in [2.05, 4.69) is 10.6 Å². The number of anilines is 2. The molecule has 0 saturated carbocycles. The summed E-state index contributed by atoms with van der Waals surface area (Å²) in [4.78, 5) is 33.9. The summed E-state index contributed by atoms with van der Waals surface area (Å²) in [7, 11) is 0. The Morgan fingerprint density at radius 1 is 1.07 bits per heavy atom. The number of hydrogen-bond acceptors (Lipinski definition) is 6. The van der Waals surface area contributed by atoms with Gasteiger partial charge in [0.2, 0.25) is 0 Å². The van der Waals surface area contributed by atoms with Gasteiger partial charge in [0.1, 0.15) is 5.75 Å². The molecular weight excluding hydrogens is 366 g/mol. The molecule has 2 N–H and O–H groups in total. The molecule has 148 valence electrons. The van der Waals surface area contributed by atoms with Gasteiger partial charge in [0.05, 0.1) is 17.6 Å². The Morgan fingerprint density at radius 2 is 1.75 bits per heavy atom. The Bertz CT molecular complexity index is 853. The predicted molar refractivity (Wildman–Crippen MR) is 103 cm³/mol. The van der Waals surface area contributed by atoms with Gasteiger partial charge in [-0.25, -0.2) is 4.79 Å². The fourth-order valence-corrected chi connectivity index (χ4v) is 2.10. The van der Waals surface area contributed by atoms with Crippen molar-refractivity contribution in [2.24, 2.45) is 5.92 Å². The first-order chi connectivity index (χ1) is 13.3. The Kier molecular flexibility index (Phi) is 7.32. The van der Waals surface area contributed by atoms with Gasteiger partial charge < -0.3 is 14.8 Å². The molecule has 0 fully saturated rings. The summed E-state index contributed by atoms with van der Waals surface area (Å²) < 4.78 is 10.3. The average molecular weight is 387 g/mol. The van der Waals surface area contributed by atoms with Gasteiger partial charge >= 0.3 is 6.09 Å². The van der Waals surface area contributed by atoms with Crippen molar-refractivity contribution in [2.45, 2.75) is 13.8 Å². The molecule has 0 aliphatic heterocycles. The van der Waals surface area contributed by atoms with Crippen LogP contribution in [0, 0.1) is 16.0 Å². The Labute approximate surface area is 161 Å². The maximum Gasteiger partial charge on any atom is 0.411 e. The Morgan fingerprint density at radius 3 is 2.43 bits per heavy atom. The van der Waals surface area contributed by atoms with Gasteiger partial charge in [0.25, 0.3) is 11.6 Å². The number of nitrogens with zero attached hydrogens (tertiary/aromatic N) is 1. The third kappa shape index (κ3) is 6.94. The molecule has 0 unspecified atom stereocenters. The average Bonchev–Trinajstić information content (AvgIpc) is 2.65. The Balaban J connectivity index is 1.87. The molecule has 0 bridgehead atoms. The molecule has 0 radical (unpaired) electrons. The van der Waals surface area contributed by atoms with Crippen LogP contribution in [-0.4, -0.2) is 30.1 Å². The zero-order valence-electron chi connectivity index (χ0n) is 15.5. The van der Waals surface area contributed by atoms with Gasteiger partial charge in [-0.15, -0.1) is 0 Å². The lowest BCUT2D eigenvalue weighted by Gasteiger charge is -2.11. The number of carbonyl (C=O) groups is 2. The maximum atomic E-state index is 12.0. The molecule has 0 spiro atoms. The summed E-state index contributed by atoms with van der Waals surface area (Å²) in [6.07, 6.45) is -0.578. The second-order valence-electron chi connectivity index (χ2n) is 6.29. The molecule has 2 amide bonds. The molecule has 9 heteroatoms. The minimum atomic E-state index is -0.578. The van der Waals surface area contributed by atoms with Crippen LogP contribution in [0.15, 0.2) is 48.5 Å². The van der Waals surface area contributed by atoms with E-state index in [9.17, 15) is 19.7 Å². The highest BCUT2D eigenvalue weighted by molar-refractivity contribution is 5.93. The second kappa shape index (κ2) is 9.91. The monoisotopic (exact) mass is 387 g/mol. The van der Waals surface area contributed by atoms with Crippen LogP contribution in [0.5, 0.6) is 5.75 Å². The molecule has 9 nitrogen and oxygen atoms in total. The third-order valence-corrected chi connectivity index (χ3v) is 3.34. The van der Waals surface area contributed by atoms with Crippen molar-refractivity contribution >= 4 is 29.1 Å². The van der Waals surface area contributed by atoms with Gasteiger partial charge in [-0.05, 0) is 30.2 Å². The van der Waals surface area contributed by atoms with Crippen LogP contribution in [-0.2, 0) is 9.53 Å². The van der Waals surface area contributed by atoms with Gasteiger partial charge in [0.15, 0.2) is 6.61 Å². The van der Waals surface area contributed by atoms with Crippen molar-refractivity contribution in [1.29, 1.82) is 0 Å². The van der Waals surface area contributed by atoms with Crippen molar-refractivity contribution in [2.75, 3.05) is 23.8 Å². The van der Waals surface area contributed by atoms with Gasteiger partial charge in [-0.2, -0.15) is 0 Å². The number of non-ortho nitro benzene ring substituents is 1. The summed E-state index contributed by atoms with van der Waals surface area (Å²) in [6, 6.07) is 12.1. The summed E-state index contributed by atoms with van der Waals surface area (Å²) in [5, 5.41) is 15.9. The van der Waals surface area contributed by atoms with E-state index in [1.54, 1.807) is 24.3 Å². The highest BCUT2D eigenvalue weighted by Crippen LogP contribution is 2.19. The van der Waals surface area contributed by atoms with Gasteiger partial charge in [0, 0.05) is 17.4 Å². The van der Waals surface area contributed by atoms with Gasteiger partial charge in [-0.1, -0.05) is 26.0 Å². The molecule has 2 aromatic rings. The van der Waals surface area contributed by atoms with Crippen LogP contribution in [0.2, 0.25) is 0 Å². The first-order valence-electron chi connectivity index (χ1n) is 8.54. The fraction of sp³-hybridized carbons (Fsp3) is 0.263. The minimum Gasteiger partial charge on any atom is -0.484 e. The third-order valence-electron chi connectivity index (χ3n) is 3.34. The molecular formula is C19H21N3O6. The number of rotatable bonds is 8. The molecule has 0 aliphatic rings. The molecule has 0 atom stereocenters. The molecule has 0 aliphatic carbocycles. The molecule has 28 heavy (non-hydrogen) atoms. The summed E-state index contributed by atoms with van der Waals surface area (Å²) in [5.41, 5.74) is 0.793. The van der Waals surface area contributed by atoms with Crippen LogP contribution in [0.3, 0.4) is 0 Å². The van der Waals surface area contributed by atoms with Gasteiger partial charge in [-0.3, -0.25) is 20.2 Å². The Hall–Kier alpha value is -3.62. The lowest BCUT2D eigenvalue weighted by atomic mass is 10.2. The van der Waals surface area contributed by atoms with Crippen molar-refractivity contribution in [1.82, 2.24) is 0 Å². The van der Waals surface area contributed by atoms with Crippen molar-refractivity contribution in [3.05, 3.63) is 58.6 Å². The van der Waals surface area contributed by atoms with E-state index < -0.39 is 16.9 Å². The highest BCUT2D eigenvalue weighted by atomic mass is 16.6. The van der Waals surface area contributed by atoms with E-state index >= 15 is 0 Å². The zero-order chi connectivity index (χ0) is 20.5. The number of hydrogen-bond donors (Lipinski definition) is 2. The lowest BCUT2D eigenvalue weighted by molar-refractivity contribution is -0.384. The van der Waals surface area contributed by atoms with E-state index in [1.807, 2.05) is 13.8 Å². The molecule has 2 rings (SSSR count). The molecule has 0 saturated heterocycles. The number of ether oxygens (including phenoxy) is 2. The van der Waals surface area contributed by atoms with Crippen LogP contribution in [0.4, 0.5) is 21.9 Å². The van der Waals surface area contributed by atoms with E-state index in [-0.39, 0.29) is 24.0 Å². The zero-order valence-corrected chi connectivity index (χ0v) is 15.5. The first kappa shape index (κ1) is 20.7. The fourth-order valence-electron chi connectivity index (χ4n) is 2.10. The van der Waals surface area contributed by atoms with Crippen molar-refractivity contribution < 1.29 is 24.0 Å². The van der Waals surface area contributed by atoms with E-state index in [0.717, 1.165) is 0 Å². The predicted octanol–water partition coefficient (Wildman–Crippen LogP) is 3.82. The largest absolute Gasteiger partial charge is 0.484 e. The number of nitro benzene ring substituents is 1. The minimum absolute atomic E-state index is 0.124. The second-order valence-corrected chi connectivity index (χ2v) is 6.29. The van der Waals surface area contributed by atoms with Crippen LogP contribution in [0.25, 0.3) is 0 Å². The topological polar surface area (TPSA) is 120 Å². The number of nitrogens with one attached hydrogen (secondary N) is 2. The molecule has 0 aromatic heterocycles. The lowest BCUT2D eigenvalue weighted by Crippen LogP contribution is -2.20. The normalized spacial score (nSPS) is 10.2. The molecule has 2 aromatic carbocycles. The smallest absolute Gasteiger partial charge is 0.411 e. The quantitative estimate of drug-likeness (QED) is 0.525. The van der Waals surface area contributed by atoms with Crippen LogP contribution >= 0.6 is 0 Å². The maximum absolute atomic E-state index is 12.0. The first-order valence-corrected chi connectivity index (χ1v) is 8.54. The van der Waals surface area contributed by atoms with Crippen molar-refractivity contribution in [3.63, 3.8) is 0 Å². The van der Waals surface area contributed by atoms with E-state index in [4.69, 9.17) is 9.47 Å². The van der Waals surface area contributed by atoms with E-state index in [0.29, 0.717) is 18.0 Å². The highest BCUT2D eigenvalue weighted by Gasteiger charge is 2.10. The number of carbonyl (C=O) groups excluding carboxylic acids is 2. The van der Waals surface area contributed by atoms with Crippen LogP contribution in [0.1, 0.15) is 13.8 Å². The van der Waals surface area contributed by atoms with Crippen LogP contribution < -0.4 is 15.4 Å². The number of nitro groups is 1. The SMILES string of the molecule is CC(C)COC(=O)Nc1cccc(NC(=O)COc2cccc([N+](=O)[O-])c2)c1. The summed E-state index contributed by atoms with van der Waals surface area (Å²) in [5.74, 6) is -0.0128. The standard InChI is InChI=1S/C19H21N3O6/c1-13(2)11-28-19(24)21-15-6-3-5-14(9-15)20-18(23)12-27-17-8-4-7-16(10-17)22(25)26/h3-10,13H,11-12H2,1-2H3,(H,20,23)(H,21,24). The summed E-state index contributed by atoms with van der Waals surface area (Å²) >= 11 is 0. The van der Waals surface area contributed by atoms with Crippen molar-refractivity contribution in [3.8, 4) is 5.75 Å².